The quantitative estimate of drug-likeness (QED) is 0.625. The molecule has 0 radical (unpaired) electrons. The Morgan fingerprint density at radius 1 is 1.38 bits per heavy atom. The number of amides is 1. The number of non-ortho nitro benzene ring substituents is 1. The lowest BCUT2D eigenvalue weighted by atomic mass is 10.1. The molecule has 0 saturated heterocycles. The third-order valence-electron chi connectivity index (χ3n) is 3.25. The summed E-state index contributed by atoms with van der Waals surface area (Å²) in [5.41, 5.74) is 1.06. The minimum atomic E-state index is -0.565. The van der Waals surface area contributed by atoms with Gasteiger partial charge in [-0.3, -0.25) is 14.9 Å². The van der Waals surface area contributed by atoms with Gasteiger partial charge in [0.25, 0.3) is 5.69 Å². The first-order valence-electron chi connectivity index (χ1n) is 6.86. The molecule has 122 valence electrons. The van der Waals surface area contributed by atoms with Crippen LogP contribution in [0.3, 0.4) is 0 Å². The van der Waals surface area contributed by atoms with Crippen LogP contribution in [0.25, 0.3) is 0 Å². The highest BCUT2D eigenvalue weighted by atomic mass is 79.9. The van der Waals surface area contributed by atoms with Crippen molar-refractivity contribution in [3.05, 3.63) is 62.6 Å². The molecule has 0 unspecified atom stereocenters. The number of para-hydroxylation sites is 1. The molecule has 7 nitrogen and oxygen atoms in total. The number of nitro groups is 1. The van der Waals surface area contributed by atoms with E-state index in [0.717, 1.165) is 4.47 Å². The molecule has 1 N–H and O–H groups in total. The highest BCUT2D eigenvalue weighted by Gasteiger charge is 2.16. The SMILES string of the molecule is CN(CC(=O)Nc1ccccc1Br)c1ccc([N+](=O)[O-])cc1C#N. The van der Waals surface area contributed by atoms with Crippen molar-refractivity contribution in [1.82, 2.24) is 0 Å². The van der Waals surface area contributed by atoms with Gasteiger partial charge in [0.1, 0.15) is 6.07 Å². The topological polar surface area (TPSA) is 99.3 Å². The van der Waals surface area contributed by atoms with E-state index in [1.54, 1.807) is 24.1 Å². The number of nitrogens with one attached hydrogen (secondary N) is 1. The number of anilines is 2. The molecule has 0 saturated carbocycles. The van der Waals surface area contributed by atoms with E-state index in [1.165, 1.54) is 18.2 Å². The van der Waals surface area contributed by atoms with Gasteiger partial charge in [0, 0.05) is 23.7 Å². The fourth-order valence-corrected chi connectivity index (χ4v) is 2.50. The maximum absolute atomic E-state index is 12.2. The number of benzene rings is 2. The summed E-state index contributed by atoms with van der Waals surface area (Å²) in [7, 11) is 1.64. The van der Waals surface area contributed by atoms with Gasteiger partial charge in [-0.15, -0.1) is 0 Å². The van der Waals surface area contributed by atoms with E-state index in [9.17, 15) is 20.2 Å². The molecule has 0 spiro atoms. The monoisotopic (exact) mass is 388 g/mol. The summed E-state index contributed by atoms with van der Waals surface area (Å²) in [4.78, 5) is 23.9. The lowest BCUT2D eigenvalue weighted by Gasteiger charge is -2.20. The van der Waals surface area contributed by atoms with Crippen molar-refractivity contribution >= 4 is 38.9 Å². The fraction of sp³-hybridized carbons (Fsp3) is 0.125. The highest BCUT2D eigenvalue weighted by molar-refractivity contribution is 9.10. The lowest BCUT2D eigenvalue weighted by molar-refractivity contribution is -0.384. The average molecular weight is 389 g/mol. The van der Waals surface area contributed by atoms with Crippen LogP contribution < -0.4 is 10.2 Å². The van der Waals surface area contributed by atoms with Crippen LogP contribution in [-0.4, -0.2) is 24.4 Å². The number of nitriles is 1. The Morgan fingerprint density at radius 2 is 2.08 bits per heavy atom. The van der Waals surface area contributed by atoms with Gasteiger partial charge < -0.3 is 10.2 Å². The zero-order chi connectivity index (χ0) is 17.7. The fourth-order valence-electron chi connectivity index (χ4n) is 2.11. The predicted octanol–water partition coefficient (Wildman–Crippen LogP) is 3.30. The number of halogens is 1. The van der Waals surface area contributed by atoms with Crippen molar-refractivity contribution in [1.29, 1.82) is 5.26 Å². The van der Waals surface area contributed by atoms with Gasteiger partial charge in [-0.2, -0.15) is 5.26 Å². The van der Waals surface area contributed by atoms with Crippen molar-refractivity contribution in [2.24, 2.45) is 0 Å². The molecular weight excluding hydrogens is 376 g/mol. The number of nitrogens with zero attached hydrogens (tertiary/aromatic N) is 3. The number of hydrogen-bond acceptors (Lipinski definition) is 5. The van der Waals surface area contributed by atoms with Gasteiger partial charge in [0.2, 0.25) is 5.91 Å². The lowest BCUT2D eigenvalue weighted by Crippen LogP contribution is -2.30. The van der Waals surface area contributed by atoms with Gasteiger partial charge >= 0.3 is 0 Å². The van der Waals surface area contributed by atoms with E-state index >= 15 is 0 Å². The number of carbonyl (C=O) groups is 1. The average Bonchev–Trinajstić information content (AvgIpc) is 2.56. The second-order valence-electron chi connectivity index (χ2n) is 4.95. The summed E-state index contributed by atoms with van der Waals surface area (Å²) >= 11 is 3.35. The molecule has 0 aromatic heterocycles. The van der Waals surface area contributed by atoms with E-state index in [1.807, 2.05) is 18.2 Å². The van der Waals surface area contributed by atoms with Gasteiger partial charge in [0.05, 0.1) is 28.4 Å². The Labute approximate surface area is 146 Å². The van der Waals surface area contributed by atoms with Crippen molar-refractivity contribution < 1.29 is 9.72 Å². The van der Waals surface area contributed by atoms with Crippen LogP contribution in [0, 0.1) is 21.4 Å². The van der Waals surface area contributed by atoms with E-state index in [4.69, 9.17) is 0 Å². The Kier molecular flexibility index (Phi) is 5.50. The normalized spacial score (nSPS) is 9.88. The molecule has 8 heteroatoms. The first-order chi connectivity index (χ1) is 11.4. The Morgan fingerprint density at radius 3 is 2.71 bits per heavy atom. The largest absolute Gasteiger partial charge is 0.364 e. The molecular formula is C16H13BrN4O3. The highest BCUT2D eigenvalue weighted by Crippen LogP contribution is 2.25. The van der Waals surface area contributed by atoms with E-state index < -0.39 is 4.92 Å². The Balaban J connectivity index is 2.13. The predicted molar refractivity (Wildman–Crippen MR) is 93.9 cm³/mol. The molecule has 0 atom stereocenters. The first kappa shape index (κ1) is 17.4. The van der Waals surface area contributed by atoms with E-state index in [2.05, 4.69) is 21.2 Å². The third kappa shape index (κ3) is 4.08. The molecule has 2 aromatic carbocycles. The van der Waals surface area contributed by atoms with Crippen molar-refractivity contribution in [2.45, 2.75) is 0 Å². The van der Waals surface area contributed by atoms with Crippen LogP contribution in [0.2, 0.25) is 0 Å². The molecule has 1 amide bonds. The maximum atomic E-state index is 12.2. The summed E-state index contributed by atoms with van der Waals surface area (Å²) in [6, 6.07) is 13.1. The summed E-state index contributed by atoms with van der Waals surface area (Å²) in [5, 5.41) is 22.7. The summed E-state index contributed by atoms with van der Waals surface area (Å²) < 4.78 is 0.758. The van der Waals surface area contributed by atoms with E-state index in [0.29, 0.717) is 11.4 Å². The van der Waals surface area contributed by atoms with Crippen LogP contribution in [0.5, 0.6) is 0 Å². The standard InChI is InChI=1S/C16H13BrN4O3/c1-20(10-16(22)19-14-5-3-2-4-13(14)17)15-7-6-12(21(23)24)8-11(15)9-18/h2-8H,10H2,1H3,(H,19,22). The van der Waals surface area contributed by atoms with Crippen LogP contribution >= 0.6 is 15.9 Å². The second-order valence-corrected chi connectivity index (χ2v) is 5.81. The molecule has 24 heavy (non-hydrogen) atoms. The molecule has 2 rings (SSSR count). The summed E-state index contributed by atoms with van der Waals surface area (Å²) in [5.74, 6) is -0.272. The van der Waals surface area contributed by atoms with Gasteiger partial charge in [-0.1, -0.05) is 12.1 Å². The second kappa shape index (κ2) is 7.57. The van der Waals surface area contributed by atoms with Crippen molar-refractivity contribution in [3.63, 3.8) is 0 Å². The number of hydrogen-bond donors (Lipinski definition) is 1. The number of likely N-dealkylation sites (N-methyl/N-ethyl adjacent to an activating group) is 1. The number of rotatable bonds is 5. The van der Waals surface area contributed by atoms with Gasteiger partial charge in [-0.05, 0) is 34.1 Å². The Hall–Kier alpha value is -2.92. The zero-order valence-corrected chi connectivity index (χ0v) is 14.3. The summed E-state index contributed by atoms with van der Waals surface area (Å²) in [6.07, 6.45) is 0. The van der Waals surface area contributed by atoms with Crippen molar-refractivity contribution in [2.75, 3.05) is 23.8 Å². The van der Waals surface area contributed by atoms with Gasteiger partial charge in [0.15, 0.2) is 0 Å². The molecule has 0 bridgehead atoms. The third-order valence-corrected chi connectivity index (χ3v) is 3.94. The summed E-state index contributed by atoms with van der Waals surface area (Å²) in [6.45, 7) is -0.00613. The molecule has 0 aliphatic carbocycles. The number of carbonyl (C=O) groups excluding carboxylic acids is 1. The first-order valence-corrected chi connectivity index (χ1v) is 7.65. The van der Waals surface area contributed by atoms with Crippen molar-refractivity contribution in [3.8, 4) is 6.07 Å². The maximum Gasteiger partial charge on any atom is 0.270 e. The Bertz CT molecular complexity index is 832. The van der Waals surface area contributed by atoms with Crippen LogP contribution in [-0.2, 0) is 4.79 Å². The molecule has 0 heterocycles. The van der Waals surface area contributed by atoms with Crippen LogP contribution in [0.4, 0.5) is 17.1 Å². The molecule has 2 aromatic rings. The number of nitro benzene ring substituents is 1. The smallest absolute Gasteiger partial charge is 0.270 e. The molecule has 0 aliphatic heterocycles. The van der Waals surface area contributed by atoms with E-state index in [-0.39, 0.29) is 23.7 Å². The molecule has 0 aliphatic rings. The minimum absolute atomic E-state index is 0.00613. The minimum Gasteiger partial charge on any atom is -0.364 e. The van der Waals surface area contributed by atoms with Crippen LogP contribution in [0.1, 0.15) is 5.56 Å². The zero-order valence-electron chi connectivity index (χ0n) is 12.7. The van der Waals surface area contributed by atoms with Gasteiger partial charge in [-0.25, -0.2) is 0 Å². The molecule has 0 fully saturated rings. The van der Waals surface area contributed by atoms with Crippen LogP contribution in [0.15, 0.2) is 46.9 Å².